The topological polar surface area (TPSA) is 46.5 Å². The summed E-state index contributed by atoms with van der Waals surface area (Å²) in [7, 11) is 0. The summed E-state index contributed by atoms with van der Waals surface area (Å²) in [4.78, 5) is 10.5. The number of rotatable bonds is 4. The fourth-order valence-corrected chi connectivity index (χ4v) is 1.35. The zero-order valence-electron chi connectivity index (χ0n) is 9.86. The summed E-state index contributed by atoms with van der Waals surface area (Å²) in [6.07, 6.45) is 2.61. The molecule has 0 aliphatic carbocycles. The summed E-state index contributed by atoms with van der Waals surface area (Å²) in [5.41, 5.74) is 1.70. The Hall–Kier alpha value is -2.21. The molecule has 0 atom stereocenters. The van der Waals surface area contributed by atoms with Crippen LogP contribution in [0.4, 0.5) is 0 Å². The van der Waals surface area contributed by atoms with Crippen LogP contribution in [0.5, 0.6) is 5.75 Å². The molecule has 0 radical (unpaired) electrons. The highest BCUT2D eigenvalue weighted by Crippen LogP contribution is 2.24. The van der Waals surface area contributed by atoms with Crippen LogP contribution in [0.1, 0.15) is 18.1 Å². The minimum atomic E-state index is -0.981. The fourth-order valence-electron chi connectivity index (χ4n) is 1.35. The second-order valence-corrected chi connectivity index (χ2v) is 3.38. The van der Waals surface area contributed by atoms with Gasteiger partial charge in [0.25, 0.3) is 0 Å². The molecule has 0 heterocycles. The monoisotopic (exact) mass is 230 g/mol. The minimum Gasteiger partial charge on any atom is -0.480 e. The number of ether oxygens (including phenoxy) is 1. The predicted octanol–water partition coefficient (Wildman–Crippen LogP) is 2.49. The Labute approximate surface area is 101 Å². The van der Waals surface area contributed by atoms with Crippen molar-refractivity contribution in [3.63, 3.8) is 0 Å². The molecule has 0 saturated heterocycles. The van der Waals surface area contributed by atoms with Crippen LogP contribution < -0.4 is 4.74 Å². The van der Waals surface area contributed by atoms with Crippen molar-refractivity contribution in [3.8, 4) is 17.6 Å². The average Bonchev–Trinajstić information content (AvgIpc) is 2.29. The molecule has 0 bridgehead atoms. The number of benzene rings is 1. The molecule has 0 saturated carbocycles. The number of para-hydroxylation sites is 1. The molecular weight excluding hydrogens is 216 g/mol. The van der Waals surface area contributed by atoms with Gasteiger partial charge in [-0.05, 0) is 25.5 Å². The van der Waals surface area contributed by atoms with Crippen molar-refractivity contribution in [2.45, 2.75) is 13.8 Å². The highest BCUT2D eigenvalue weighted by Gasteiger charge is 2.04. The Morgan fingerprint density at radius 1 is 1.53 bits per heavy atom. The summed E-state index contributed by atoms with van der Waals surface area (Å²) in [6, 6.07) is 5.57. The molecule has 0 amide bonds. The van der Waals surface area contributed by atoms with Gasteiger partial charge >= 0.3 is 5.97 Å². The van der Waals surface area contributed by atoms with Crippen molar-refractivity contribution < 1.29 is 14.6 Å². The van der Waals surface area contributed by atoms with E-state index in [2.05, 4.69) is 11.8 Å². The number of carboxylic acid groups (broad SMARTS) is 1. The van der Waals surface area contributed by atoms with E-state index >= 15 is 0 Å². The van der Waals surface area contributed by atoms with Gasteiger partial charge in [-0.2, -0.15) is 0 Å². The van der Waals surface area contributed by atoms with Gasteiger partial charge in [0, 0.05) is 11.6 Å². The maximum atomic E-state index is 10.5. The maximum Gasteiger partial charge on any atom is 0.328 e. The third kappa shape index (κ3) is 4.04. The van der Waals surface area contributed by atoms with Crippen LogP contribution in [0, 0.1) is 18.8 Å². The molecule has 3 heteroatoms. The van der Waals surface area contributed by atoms with Gasteiger partial charge < -0.3 is 9.84 Å². The van der Waals surface area contributed by atoms with E-state index in [-0.39, 0.29) is 0 Å². The molecule has 88 valence electrons. The second kappa shape index (κ2) is 6.39. The molecule has 0 spiro atoms. The van der Waals surface area contributed by atoms with Gasteiger partial charge in [-0.15, -0.1) is 5.92 Å². The molecule has 1 rings (SSSR count). The largest absolute Gasteiger partial charge is 0.480 e. The lowest BCUT2D eigenvalue weighted by atomic mass is 10.1. The van der Waals surface area contributed by atoms with E-state index in [4.69, 9.17) is 9.84 Å². The zero-order valence-corrected chi connectivity index (χ0v) is 9.86. The molecular formula is C14H14O3. The molecule has 17 heavy (non-hydrogen) atoms. The van der Waals surface area contributed by atoms with E-state index in [1.807, 2.05) is 19.1 Å². The van der Waals surface area contributed by atoms with Gasteiger partial charge in [-0.3, -0.25) is 0 Å². The molecule has 1 aromatic rings. The average molecular weight is 230 g/mol. The third-order valence-corrected chi connectivity index (χ3v) is 2.11. The van der Waals surface area contributed by atoms with Crippen LogP contribution in [0.2, 0.25) is 0 Å². The van der Waals surface area contributed by atoms with Crippen LogP contribution in [0.25, 0.3) is 6.08 Å². The second-order valence-electron chi connectivity index (χ2n) is 3.38. The molecule has 1 N–H and O–H groups in total. The molecule has 0 aromatic heterocycles. The van der Waals surface area contributed by atoms with Crippen molar-refractivity contribution in [2.75, 3.05) is 6.61 Å². The minimum absolute atomic E-state index is 0.301. The smallest absolute Gasteiger partial charge is 0.328 e. The standard InChI is InChI=1S/C14H14O3/c1-3-4-10-17-14-11(2)6-5-7-12(14)8-9-13(15)16/h5-9H,10H2,1-2H3,(H,15,16)/b9-8+. The predicted molar refractivity (Wildman–Crippen MR) is 66.8 cm³/mol. The lowest BCUT2D eigenvalue weighted by molar-refractivity contribution is -0.131. The number of aliphatic carboxylic acids is 1. The highest BCUT2D eigenvalue weighted by atomic mass is 16.5. The summed E-state index contributed by atoms with van der Waals surface area (Å²) >= 11 is 0. The zero-order chi connectivity index (χ0) is 12.7. The van der Waals surface area contributed by atoms with Crippen LogP contribution in [-0.2, 0) is 4.79 Å². The summed E-state index contributed by atoms with van der Waals surface area (Å²) in [6.45, 7) is 3.95. The molecule has 0 aliphatic heterocycles. The first kappa shape index (κ1) is 12.9. The van der Waals surface area contributed by atoms with Gasteiger partial charge in [0.2, 0.25) is 0 Å². The Morgan fingerprint density at radius 3 is 2.94 bits per heavy atom. The van der Waals surface area contributed by atoms with E-state index in [1.165, 1.54) is 6.08 Å². The van der Waals surface area contributed by atoms with E-state index < -0.39 is 5.97 Å². The number of carboxylic acids is 1. The Morgan fingerprint density at radius 2 is 2.29 bits per heavy atom. The van der Waals surface area contributed by atoms with Crippen molar-refractivity contribution in [1.82, 2.24) is 0 Å². The number of hydrogen-bond acceptors (Lipinski definition) is 2. The third-order valence-electron chi connectivity index (χ3n) is 2.11. The van der Waals surface area contributed by atoms with Gasteiger partial charge in [0.15, 0.2) is 0 Å². The molecule has 0 fully saturated rings. The van der Waals surface area contributed by atoms with Gasteiger partial charge in [0.05, 0.1) is 0 Å². The summed E-state index contributed by atoms with van der Waals surface area (Å²) in [5, 5.41) is 8.60. The Balaban J connectivity index is 2.98. The van der Waals surface area contributed by atoms with E-state index in [0.29, 0.717) is 12.4 Å². The van der Waals surface area contributed by atoms with E-state index in [1.54, 1.807) is 13.0 Å². The maximum absolute atomic E-state index is 10.5. The first-order chi connectivity index (χ1) is 8.15. The van der Waals surface area contributed by atoms with Crippen LogP contribution >= 0.6 is 0 Å². The highest BCUT2D eigenvalue weighted by molar-refractivity contribution is 5.86. The molecule has 3 nitrogen and oxygen atoms in total. The number of carbonyl (C=O) groups is 1. The Kier molecular flexibility index (Phi) is 4.83. The van der Waals surface area contributed by atoms with Gasteiger partial charge in [0.1, 0.15) is 12.4 Å². The molecule has 0 unspecified atom stereocenters. The van der Waals surface area contributed by atoms with Crippen LogP contribution in [0.15, 0.2) is 24.3 Å². The van der Waals surface area contributed by atoms with Crippen molar-refractivity contribution in [2.24, 2.45) is 0 Å². The van der Waals surface area contributed by atoms with Crippen molar-refractivity contribution in [3.05, 3.63) is 35.4 Å². The fraction of sp³-hybridized carbons (Fsp3) is 0.214. The van der Waals surface area contributed by atoms with Crippen LogP contribution in [0.3, 0.4) is 0 Å². The van der Waals surface area contributed by atoms with Crippen molar-refractivity contribution in [1.29, 1.82) is 0 Å². The summed E-state index contributed by atoms with van der Waals surface area (Å²) in [5.74, 6) is 5.24. The van der Waals surface area contributed by atoms with Gasteiger partial charge in [-0.1, -0.05) is 24.1 Å². The first-order valence-corrected chi connectivity index (χ1v) is 5.18. The quantitative estimate of drug-likeness (QED) is 0.638. The number of aryl methyl sites for hydroxylation is 1. The van der Waals surface area contributed by atoms with Crippen molar-refractivity contribution >= 4 is 12.0 Å². The lowest BCUT2D eigenvalue weighted by Crippen LogP contribution is -1.98. The normalized spacial score (nSPS) is 9.76. The van der Waals surface area contributed by atoms with Gasteiger partial charge in [-0.25, -0.2) is 4.79 Å². The first-order valence-electron chi connectivity index (χ1n) is 5.18. The molecule has 0 aliphatic rings. The molecule has 1 aromatic carbocycles. The van der Waals surface area contributed by atoms with Crippen LogP contribution in [-0.4, -0.2) is 17.7 Å². The number of hydrogen-bond donors (Lipinski definition) is 1. The SMILES string of the molecule is CC#CCOc1c(C)cccc1/C=C/C(=O)O. The van der Waals surface area contributed by atoms with E-state index in [9.17, 15) is 4.79 Å². The lowest BCUT2D eigenvalue weighted by Gasteiger charge is -2.09. The Bertz CT molecular complexity index is 490. The van der Waals surface area contributed by atoms with E-state index in [0.717, 1.165) is 17.2 Å². The summed E-state index contributed by atoms with van der Waals surface area (Å²) < 4.78 is 5.52.